The number of carbonyl (C=O) groups is 1. The zero-order valence-corrected chi connectivity index (χ0v) is 8.75. The summed E-state index contributed by atoms with van der Waals surface area (Å²) < 4.78 is 0. The third-order valence-electron chi connectivity index (χ3n) is 2.28. The molecule has 2 rings (SSSR count). The molecule has 3 nitrogen and oxygen atoms in total. The minimum Gasteiger partial charge on any atom is -0.478 e. The fraction of sp³-hybridized carbons (Fsp3) is 0.0909. The first-order chi connectivity index (χ1) is 7.11. The van der Waals surface area contributed by atoms with Crippen molar-refractivity contribution >= 4 is 28.5 Å². The van der Waals surface area contributed by atoms with Crippen LogP contribution in [0.3, 0.4) is 0 Å². The largest absolute Gasteiger partial charge is 0.478 e. The highest BCUT2D eigenvalue weighted by molar-refractivity contribution is 6.36. The van der Waals surface area contributed by atoms with Crippen LogP contribution in [0.15, 0.2) is 24.4 Å². The lowest BCUT2D eigenvalue weighted by molar-refractivity contribution is 0.0699. The lowest BCUT2D eigenvalue weighted by Gasteiger charge is -2.05. The van der Waals surface area contributed by atoms with E-state index >= 15 is 0 Å². The van der Waals surface area contributed by atoms with E-state index in [1.54, 1.807) is 18.3 Å². The van der Waals surface area contributed by atoms with Crippen molar-refractivity contribution in [3.8, 4) is 0 Å². The molecule has 0 saturated heterocycles. The van der Waals surface area contributed by atoms with Gasteiger partial charge in [0.05, 0.1) is 16.1 Å². The van der Waals surface area contributed by atoms with E-state index in [0.717, 1.165) is 5.56 Å². The SMILES string of the molecule is Cc1ccnc2c(C(=O)O)ccc(Cl)c12. The molecule has 0 radical (unpaired) electrons. The molecule has 0 atom stereocenters. The molecule has 1 heterocycles. The number of aryl methyl sites for hydroxylation is 1. The van der Waals surface area contributed by atoms with Crippen molar-refractivity contribution in [1.29, 1.82) is 0 Å². The molecule has 0 aliphatic carbocycles. The van der Waals surface area contributed by atoms with Crippen molar-refractivity contribution in [2.45, 2.75) is 6.92 Å². The summed E-state index contributed by atoms with van der Waals surface area (Å²) in [6, 6.07) is 4.86. The molecular formula is C11H8ClNO2. The minimum atomic E-state index is -0.991. The van der Waals surface area contributed by atoms with Gasteiger partial charge in [-0.15, -0.1) is 0 Å². The molecule has 0 amide bonds. The van der Waals surface area contributed by atoms with Gasteiger partial charge in [-0.2, -0.15) is 0 Å². The summed E-state index contributed by atoms with van der Waals surface area (Å²) in [5, 5.41) is 10.2. The molecule has 1 aromatic carbocycles. The highest BCUT2D eigenvalue weighted by Crippen LogP contribution is 2.27. The molecule has 76 valence electrons. The molecule has 0 unspecified atom stereocenters. The van der Waals surface area contributed by atoms with Gasteiger partial charge in [0.15, 0.2) is 0 Å². The molecule has 0 aliphatic heterocycles. The van der Waals surface area contributed by atoms with Crippen molar-refractivity contribution in [2.75, 3.05) is 0 Å². The number of aromatic nitrogens is 1. The quantitative estimate of drug-likeness (QED) is 0.806. The predicted octanol–water partition coefficient (Wildman–Crippen LogP) is 2.89. The van der Waals surface area contributed by atoms with E-state index in [1.165, 1.54) is 6.07 Å². The first-order valence-corrected chi connectivity index (χ1v) is 4.76. The average molecular weight is 222 g/mol. The zero-order chi connectivity index (χ0) is 11.0. The molecule has 2 aromatic rings. The molecule has 4 heteroatoms. The highest BCUT2D eigenvalue weighted by atomic mass is 35.5. The van der Waals surface area contributed by atoms with Gasteiger partial charge in [-0.3, -0.25) is 4.98 Å². The number of carboxylic acids is 1. The monoisotopic (exact) mass is 221 g/mol. The summed E-state index contributed by atoms with van der Waals surface area (Å²) in [5.74, 6) is -0.991. The van der Waals surface area contributed by atoms with Crippen molar-refractivity contribution in [2.24, 2.45) is 0 Å². The van der Waals surface area contributed by atoms with Crippen LogP contribution >= 0.6 is 11.6 Å². The number of fused-ring (bicyclic) bond motifs is 1. The summed E-state index contributed by atoms with van der Waals surface area (Å²) >= 11 is 6.01. The Bertz CT molecular complexity index is 543. The van der Waals surface area contributed by atoms with Crippen LogP contribution in [-0.2, 0) is 0 Å². The first kappa shape index (κ1) is 9.93. The normalized spacial score (nSPS) is 10.5. The Morgan fingerprint density at radius 3 is 2.80 bits per heavy atom. The van der Waals surface area contributed by atoms with E-state index in [4.69, 9.17) is 16.7 Å². The molecule has 0 fully saturated rings. The fourth-order valence-electron chi connectivity index (χ4n) is 1.56. The fourth-order valence-corrected chi connectivity index (χ4v) is 1.86. The standard InChI is InChI=1S/C11H8ClNO2/c1-6-4-5-13-10-7(11(14)15)2-3-8(12)9(6)10/h2-5H,1H3,(H,14,15). The topological polar surface area (TPSA) is 50.2 Å². The molecule has 0 bridgehead atoms. The number of hydrogen-bond acceptors (Lipinski definition) is 2. The van der Waals surface area contributed by atoms with Gasteiger partial charge in [0.1, 0.15) is 0 Å². The van der Waals surface area contributed by atoms with E-state index in [2.05, 4.69) is 4.98 Å². The second-order valence-electron chi connectivity index (χ2n) is 3.25. The summed E-state index contributed by atoms with van der Waals surface area (Å²) in [7, 11) is 0. The summed E-state index contributed by atoms with van der Waals surface area (Å²) in [6.07, 6.45) is 1.58. The second-order valence-corrected chi connectivity index (χ2v) is 3.66. The van der Waals surface area contributed by atoms with Crippen LogP contribution in [0, 0.1) is 6.92 Å². The van der Waals surface area contributed by atoms with Gasteiger partial charge in [-0.05, 0) is 30.7 Å². The Labute approximate surface area is 91.3 Å². The zero-order valence-electron chi connectivity index (χ0n) is 7.99. The van der Waals surface area contributed by atoms with Gasteiger partial charge in [-0.1, -0.05) is 11.6 Å². The molecule has 1 aromatic heterocycles. The smallest absolute Gasteiger partial charge is 0.337 e. The number of halogens is 1. The third kappa shape index (κ3) is 1.55. The predicted molar refractivity (Wildman–Crippen MR) is 58.4 cm³/mol. The van der Waals surface area contributed by atoms with Crippen molar-refractivity contribution in [3.63, 3.8) is 0 Å². The number of rotatable bonds is 1. The Morgan fingerprint density at radius 1 is 1.40 bits per heavy atom. The van der Waals surface area contributed by atoms with Crippen molar-refractivity contribution < 1.29 is 9.90 Å². The van der Waals surface area contributed by atoms with Crippen molar-refractivity contribution in [1.82, 2.24) is 4.98 Å². The van der Waals surface area contributed by atoms with Crippen LogP contribution < -0.4 is 0 Å². The average Bonchev–Trinajstić information content (AvgIpc) is 2.17. The number of pyridine rings is 1. The van der Waals surface area contributed by atoms with Gasteiger partial charge in [0.2, 0.25) is 0 Å². The maximum Gasteiger partial charge on any atom is 0.337 e. The summed E-state index contributed by atoms with van der Waals surface area (Å²) in [5.41, 5.74) is 1.54. The van der Waals surface area contributed by atoms with Gasteiger partial charge in [-0.25, -0.2) is 4.79 Å². The van der Waals surface area contributed by atoms with E-state index in [9.17, 15) is 4.79 Å². The Morgan fingerprint density at radius 2 is 2.13 bits per heavy atom. The first-order valence-electron chi connectivity index (χ1n) is 4.38. The molecular weight excluding hydrogens is 214 g/mol. The lowest BCUT2D eigenvalue weighted by Crippen LogP contribution is -1.99. The van der Waals surface area contributed by atoms with Gasteiger partial charge >= 0.3 is 5.97 Å². The van der Waals surface area contributed by atoms with E-state index in [1.807, 2.05) is 6.92 Å². The van der Waals surface area contributed by atoms with Crippen LogP contribution in [0.2, 0.25) is 5.02 Å². The van der Waals surface area contributed by atoms with Crippen LogP contribution in [0.1, 0.15) is 15.9 Å². The minimum absolute atomic E-state index is 0.179. The Kier molecular flexibility index (Phi) is 2.32. The van der Waals surface area contributed by atoms with E-state index in [-0.39, 0.29) is 5.56 Å². The number of carboxylic acid groups (broad SMARTS) is 1. The third-order valence-corrected chi connectivity index (χ3v) is 2.59. The van der Waals surface area contributed by atoms with Gasteiger partial charge in [0.25, 0.3) is 0 Å². The Balaban J connectivity index is 2.95. The van der Waals surface area contributed by atoms with E-state index in [0.29, 0.717) is 15.9 Å². The maximum absolute atomic E-state index is 11.0. The van der Waals surface area contributed by atoms with Gasteiger partial charge < -0.3 is 5.11 Å². The Hall–Kier alpha value is -1.61. The number of benzene rings is 1. The number of nitrogens with zero attached hydrogens (tertiary/aromatic N) is 1. The highest BCUT2D eigenvalue weighted by Gasteiger charge is 2.12. The number of hydrogen-bond donors (Lipinski definition) is 1. The molecule has 0 saturated carbocycles. The van der Waals surface area contributed by atoms with Crippen LogP contribution in [-0.4, -0.2) is 16.1 Å². The maximum atomic E-state index is 11.0. The summed E-state index contributed by atoms with van der Waals surface area (Å²) in [4.78, 5) is 15.0. The van der Waals surface area contributed by atoms with E-state index < -0.39 is 5.97 Å². The molecule has 15 heavy (non-hydrogen) atoms. The summed E-state index contributed by atoms with van der Waals surface area (Å²) in [6.45, 7) is 1.88. The molecule has 1 N–H and O–H groups in total. The number of aromatic carboxylic acids is 1. The van der Waals surface area contributed by atoms with Crippen LogP contribution in [0.4, 0.5) is 0 Å². The van der Waals surface area contributed by atoms with Crippen LogP contribution in [0.25, 0.3) is 10.9 Å². The second kappa shape index (κ2) is 3.51. The van der Waals surface area contributed by atoms with Crippen LogP contribution in [0.5, 0.6) is 0 Å². The van der Waals surface area contributed by atoms with Gasteiger partial charge in [0, 0.05) is 11.6 Å². The molecule has 0 spiro atoms. The van der Waals surface area contributed by atoms with Crippen molar-refractivity contribution in [3.05, 3.63) is 40.5 Å². The molecule has 0 aliphatic rings. The lowest BCUT2D eigenvalue weighted by atomic mass is 10.1.